The summed E-state index contributed by atoms with van der Waals surface area (Å²) in [6.07, 6.45) is 1.65. The van der Waals surface area contributed by atoms with Gasteiger partial charge in [0, 0.05) is 10.2 Å². The molecule has 0 spiro atoms. The van der Waals surface area contributed by atoms with E-state index in [4.69, 9.17) is 23.2 Å². The highest BCUT2D eigenvalue weighted by atomic mass is 79.9. The van der Waals surface area contributed by atoms with Gasteiger partial charge >= 0.3 is 0 Å². The van der Waals surface area contributed by atoms with Crippen molar-refractivity contribution in [1.29, 1.82) is 0 Å². The Morgan fingerprint density at radius 1 is 0.964 bits per heavy atom. The molecule has 2 aromatic heterocycles. The maximum absolute atomic E-state index is 6.07. The predicted octanol–water partition coefficient (Wildman–Crippen LogP) is 5.27. The third-order valence-corrected chi connectivity index (χ3v) is 4.76. The first-order valence-electron chi connectivity index (χ1n) is 7.85. The lowest BCUT2D eigenvalue weighted by molar-refractivity contribution is 0.314. The number of nitrogens with one attached hydrogen (secondary N) is 2. The summed E-state index contributed by atoms with van der Waals surface area (Å²) in [6.45, 7) is 0. The molecule has 2 aromatic carbocycles. The minimum atomic E-state index is 0.250. The third kappa shape index (κ3) is 4.22. The van der Waals surface area contributed by atoms with E-state index in [1.54, 1.807) is 24.4 Å². The molecule has 0 aliphatic rings. The van der Waals surface area contributed by atoms with Crippen LogP contribution in [0.3, 0.4) is 0 Å². The van der Waals surface area contributed by atoms with Gasteiger partial charge in [-0.3, -0.25) is 5.43 Å². The molecule has 4 aromatic rings. The van der Waals surface area contributed by atoms with Gasteiger partial charge in [0.1, 0.15) is 0 Å². The molecule has 2 heterocycles. The zero-order valence-corrected chi connectivity index (χ0v) is 17.0. The molecule has 0 amide bonds. The first-order chi connectivity index (χ1) is 13.6. The van der Waals surface area contributed by atoms with Gasteiger partial charge in [0.25, 0.3) is 0 Å². The Hall–Kier alpha value is -2.75. The number of nitrogens with zero attached hydrogens (tertiary/aromatic N) is 5. The van der Waals surface area contributed by atoms with Crippen molar-refractivity contribution in [1.82, 2.24) is 20.3 Å². The summed E-state index contributed by atoms with van der Waals surface area (Å²) >= 11 is 15.5. The van der Waals surface area contributed by atoms with Crippen LogP contribution in [0.25, 0.3) is 11.3 Å². The number of aromatic nitrogens is 4. The molecule has 8 nitrogen and oxygen atoms in total. The van der Waals surface area contributed by atoms with E-state index in [9.17, 15) is 0 Å². The van der Waals surface area contributed by atoms with Crippen LogP contribution in [0.2, 0.25) is 10.0 Å². The number of hydrogen-bond donors (Lipinski definition) is 2. The van der Waals surface area contributed by atoms with Crippen LogP contribution in [0.1, 0.15) is 5.56 Å². The molecule has 0 fully saturated rings. The van der Waals surface area contributed by atoms with E-state index in [0.717, 1.165) is 10.0 Å². The summed E-state index contributed by atoms with van der Waals surface area (Å²) in [4.78, 5) is 8.70. The van der Waals surface area contributed by atoms with Gasteiger partial charge in [-0.25, -0.2) is 9.61 Å². The van der Waals surface area contributed by atoms with Crippen LogP contribution < -0.4 is 10.7 Å². The fourth-order valence-corrected chi connectivity index (χ4v) is 2.98. The quantitative estimate of drug-likeness (QED) is 0.297. The Morgan fingerprint density at radius 2 is 1.75 bits per heavy atom. The van der Waals surface area contributed by atoms with Gasteiger partial charge in [-0.15, -0.1) is 0 Å². The Kier molecular flexibility index (Phi) is 5.38. The van der Waals surface area contributed by atoms with Crippen LogP contribution in [0.5, 0.6) is 0 Å². The van der Waals surface area contributed by atoms with E-state index < -0.39 is 0 Å². The van der Waals surface area contributed by atoms with E-state index in [0.29, 0.717) is 27.4 Å². The second-order valence-corrected chi connectivity index (χ2v) is 7.24. The zero-order valence-electron chi connectivity index (χ0n) is 13.9. The first kappa shape index (κ1) is 18.6. The predicted molar refractivity (Wildman–Crippen MR) is 112 cm³/mol. The monoisotopic (exact) mass is 477 g/mol. The van der Waals surface area contributed by atoms with Gasteiger partial charge in [0.2, 0.25) is 11.3 Å². The Bertz CT molecular complexity index is 1180. The van der Waals surface area contributed by atoms with Crippen LogP contribution in [-0.2, 0) is 0 Å². The van der Waals surface area contributed by atoms with Crippen LogP contribution in [-0.4, -0.2) is 26.5 Å². The number of anilines is 3. The summed E-state index contributed by atoms with van der Waals surface area (Å²) in [7, 11) is 0. The maximum Gasteiger partial charge on any atom is 0.245 e. The van der Waals surface area contributed by atoms with Gasteiger partial charge in [-0.2, -0.15) is 10.1 Å². The SMILES string of the molecule is Clc1ccc(Nc2nc3nonc3nc2NN=Cc2cccc(Br)c2)cc1Cl. The van der Waals surface area contributed by atoms with Crippen molar-refractivity contribution in [2.24, 2.45) is 5.10 Å². The van der Waals surface area contributed by atoms with Crippen LogP contribution in [0, 0.1) is 0 Å². The Labute approximate surface area is 177 Å². The molecule has 0 saturated carbocycles. The molecule has 28 heavy (non-hydrogen) atoms. The van der Waals surface area contributed by atoms with E-state index in [1.807, 2.05) is 24.3 Å². The van der Waals surface area contributed by atoms with Gasteiger partial charge in [0.05, 0.1) is 16.3 Å². The van der Waals surface area contributed by atoms with Crippen LogP contribution >= 0.6 is 39.1 Å². The minimum absolute atomic E-state index is 0.250. The van der Waals surface area contributed by atoms with Gasteiger partial charge < -0.3 is 5.32 Å². The number of benzene rings is 2. The molecule has 0 atom stereocenters. The molecule has 11 heteroatoms. The molecule has 0 radical (unpaired) electrons. The van der Waals surface area contributed by atoms with E-state index >= 15 is 0 Å². The molecule has 4 rings (SSSR count). The summed E-state index contributed by atoms with van der Waals surface area (Å²) in [5.74, 6) is 0.702. The van der Waals surface area contributed by atoms with Crippen LogP contribution in [0.15, 0.2) is 56.7 Å². The van der Waals surface area contributed by atoms with Crippen molar-refractivity contribution < 1.29 is 4.63 Å². The second-order valence-electron chi connectivity index (χ2n) is 5.51. The van der Waals surface area contributed by atoms with Crippen molar-refractivity contribution in [3.05, 3.63) is 62.5 Å². The number of hydrazone groups is 1. The lowest BCUT2D eigenvalue weighted by Gasteiger charge is -2.10. The highest BCUT2D eigenvalue weighted by Crippen LogP contribution is 2.29. The topological polar surface area (TPSA) is 101 Å². The van der Waals surface area contributed by atoms with E-state index in [1.165, 1.54) is 0 Å². The third-order valence-electron chi connectivity index (χ3n) is 3.53. The largest absolute Gasteiger partial charge is 0.337 e. The highest BCUT2D eigenvalue weighted by molar-refractivity contribution is 9.10. The van der Waals surface area contributed by atoms with E-state index in [2.05, 4.69) is 56.7 Å². The van der Waals surface area contributed by atoms with Gasteiger partial charge in [0.15, 0.2) is 11.6 Å². The average Bonchev–Trinajstić information content (AvgIpc) is 3.12. The summed E-state index contributed by atoms with van der Waals surface area (Å²) < 4.78 is 5.64. The maximum atomic E-state index is 6.07. The van der Waals surface area contributed by atoms with Crippen molar-refractivity contribution in [3.8, 4) is 0 Å². The lowest BCUT2D eigenvalue weighted by atomic mass is 10.2. The Morgan fingerprint density at radius 3 is 2.50 bits per heavy atom. The van der Waals surface area contributed by atoms with Gasteiger partial charge in [-0.05, 0) is 46.2 Å². The smallest absolute Gasteiger partial charge is 0.245 e. The highest BCUT2D eigenvalue weighted by Gasteiger charge is 2.13. The Balaban J connectivity index is 1.64. The van der Waals surface area contributed by atoms with Crippen molar-refractivity contribution in [3.63, 3.8) is 0 Å². The summed E-state index contributed by atoms with van der Waals surface area (Å²) in [5, 5.41) is 15.6. The molecule has 2 N–H and O–H groups in total. The normalized spacial score (nSPS) is 11.2. The minimum Gasteiger partial charge on any atom is -0.337 e. The molecular weight excluding hydrogens is 469 g/mol. The second kappa shape index (κ2) is 8.09. The fourth-order valence-electron chi connectivity index (χ4n) is 2.27. The van der Waals surface area contributed by atoms with Gasteiger partial charge in [-0.1, -0.05) is 51.3 Å². The average molecular weight is 479 g/mol. The number of rotatable bonds is 5. The number of halogens is 3. The molecule has 0 unspecified atom stereocenters. The lowest BCUT2D eigenvalue weighted by Crippen LogP contribution is -2.03. The molecule has 0 saturated heterocycles. The van der Waals surface area contributed by atoms with Crippen molar-refractivity contribution in [2.75, 3.05) is 10.7 Å². The molecular formula is C17H10BrCl2N7O. The summed E-state index contributed by atoms with van der Waals surface area (Å²) in [6, 6.07) is 12.8. The van der Waals surface area contributed by atoms with Crippen LogP contribution in [0.4, 0.5) is 17.3 Å². The molecule has 140 valence electrons. The number of fused-ring (bicyclic) bond motifs is 1. The van der Waals surface area contributed by atoms with Crippen molar-refractivity contribution in [2.45, 2.75) is 0 Å². The standard InChI is InChI=1S/C17H10BrCl2N7O/c18-10-3-1-2-9(6-10)8-21-25-15-14(23-16-17(24-15)27-28-26-16)22-11-4-5-12(19)13(20)7-11/h1-8H,(H,22,23,26)(H,24,25,27). The molecule has 0 aliphatic carbocycles. The fraction of sp³-hybridized carbons (Fsp3) is 0. The van der Waals surface area contributed by atoms with Crippen molar-refractivity contribution >= 4 is 74.0 Å². The zero-order chi connectivity index (χ0) is 19.5. The van der Waals surface area contributed by atoms with E-state index in [-0.39, 0.29) is 11.3 Å². The molecule has 0 bridgehead atoms. The summed E-state index contributed by atoms with van der Waals surface area (Å²) in [5.41, 5.74) is 4.93. The first-order valence-corrected chi connectivity index (χ1v) is 9.40. The molecule has 0 aliphatic heterocycles. The number of hydrogen-bond acceptors (Lipinski definition) is 8.